The molecule has 0 spiro atoms. The van der Waals surface area contributed by atoms with Gasteiger partial charge >= 0.3 is 0 Å². The Morgan fingerprint density at radius 1 is 1.48 bits per heavy atom. The number of nitrogens with zero attached hydrogens (tertiary/aromatic N) is 3. The van der Waals surface area contributed by atoms with Crippen LogP contribution in [0.1, 0.15) is 44.8 Å². The zero-order chi connectivity index (χ0) is 14.6. The number of likely N-dealkylation sites (tertiary alicyclic amines) is 1. The van der Waals surface area contributed by atoms with E-state index in [4.69, 9.17) is 4.99 Å². The molecule has 21 heavy (non-hydrogen) atoms. The Kier molecular flexibility index (Phi) is 7.39. The zero-order valence-corrected chi connectivity index (χ0v) is 16.6. The molecule has 6 heteroatoms. The number of hydrogen-bond acceptors (Lipinski definition) is 3. The lowest BCUT2D eigenvalue weighted by Crippen LogP contribution is -2.40. The minimum atomic E-state index is 0. The number of nitrogens with one attached hydrogen (secondary N) is 1. The number of guanidine groups is 1. The van der Waals surface area contributed by atoms with E-state index in [-0.39, 0.29) is 24.0 Å². The molecule has 0 saturated carbocycles. The quantitative estimate of drug-likeness (QED) is 0.459. The number of halogens is 1. The predicted molar refractivity (Wildman–Crippen MR) is 102 cm³/mol. The Bertz CT molecular complexity index is 470. The first kappa shape index (κ1) is 18.7. The SMILES string of the molecule is CCNC(=NCc1csc(CC)n1)N1CCC(C)(C)C1.I. The molecule has 1 aromatic heterocycles. The Balaban J connectivity index is 0.00000220. The molecule has 0 unspecified atom stereocenters. The molecule has 1 N–H and O–H groups in total. The predicted octanol–water partition coefficient (Wildman–Crippen LogP) is 3.52. The lowest BCUT2D eigenvalue weighted by Gasteiger charge is -2.23. The van der Waals surface area contributed by atoms with Crippen LogP contribution in [0.2, 0.25) is 0 Å². The molecule has 1 saturated heterocycles. The van der Waals surface area contributed by atoms with E-state index < -0.39 is 0 Å². The molecule has 1 aliphatic rings. The number of aliphatic imine (C=N–C) groups is 1. The molecular weight excluding hydrogens is 395 g/mol. The van der Waals surface area contributed by atoms with Crippen LogP contribution >= 0.6 is 35.3 Å². The van der Waals surface area contributed by atoms with Gasteiger partial charge in [0, 0.05) is 25.0 Å². The Morgan fingerprint density at radius 2 is 2.24 bits per heavy atom. The molecule has 2 rings (SSSR count). The average Bonchev–Trinajstić information content (AvgIpc) is 3.00. The van der Waals surface area contributed by atoms with Crippen molar-refractivity contribution in [1.82, 2.24) is 15.2 Å². The van der Waals surface area contributed by atoms with Gasteiger partial charge in [-0.1, -0.05) is 20.8 Å². The normalized spacial score (nSPS) is 17.7. The number of hydrogen-bond donors (Lipinski definition) is 1. The van der Waals surface area contributed by atoms with E-state index in [2.05, 4.69) is 48.3 Å². The minimum absolute atomic E-state index is 0. The summed E-state index contributed by atoms with van der Waals surface area (Å²) in [7, 11) is 0. The van der Waals surface area contributed by atoms with E-state index in [9.17, 15) is 0 Å². The summed E-state index contributed by atoms with van der Waals surface area (Å²) >= 11 is 1.73. The van der Waals surface area contributed by atoms with Gasteiger partial charge in [-0.05, 0) is 25.2 Å². The molecule has 0 amide bonds. The smallest absolute Gasteiger partial charge is 0.194 e. The zero-order valence-electron chi connectivity index (χ0n) is 13.5. The van der Waals surface area contributed by atoms with Crippen molar-refractivity contribution in [2.45, 2.75) is 47.1 Å². The maximum atomic E-state index is 4.75. The molecule has 2 heterocycles. The van der Waals surface area contributed by atoms with Crippen molar-refractivity contribution in [2.24, 2.45) is 10.4 Å². The van der Waals surface area contributed by atoms with E-state index >= 15 is 0 Å². The van der Waals surface area contributed by atoms with Crippen LogP contribution in [0.4, 0.5) is 0 Å². The van der Waals surface area contributed by atoms with Gasteiger partial charge < -0.3 is 10.2 Å². The molecule has 120 valence electrons. The van der Waals surface area contributed by atoms with E-state index in [0.717, 1.165) is 37.7 Å². The molecule has 0 aliphatic carbocycles. The second kappa shape index (κ2) is 8.31. The van der Waals surface area contributed by atoms with Crippen LogP contribution in [0.25, 0.3) is 0 Å². The average molecular weight is 422 g/mol. The van der Waals surface area contributed by atoms with Crippen molar-refractivity contribution in [3.05, 3.63) is 16.1 Å². The van der Waals surface area contributed by atoms with Gasteiger partial charge in [0.1, 0.15) is 0 Å². The number of aromatic nitrogens is 1. The largest absolute Gasteiger partial charge is 0.357 e. The highest BCUT2D eigenvalue weighted by Crippen LogP contribution is 2.28. The van der Waals surface area contributed by atoms with E-state index in [1.165, 1.54) is 11.4 Å². The van der Waals surface area contributed by atoms with Gasteiger partial charge in [0.05, 0.1) is 17.2 Å². The van der Waals surface area contributed by atoms with Crippen molar-refractivity contribution in [1.29, 1.82) is 0 Å². The monoisotopic (exact) mass is 422 g/mol. The van der Waals surface area contributed by atoms with Gasteiger partial charge in [0.15, 0.2) is 5.96 Å². The van der Waals surface area contributed by atoms with Crippen LogP contribution in [0.5, 0.6) is 0 Å². The molecule has 1 aromatic rings. The van der Waals surface area contributed by atoms with Gasteiger partial charge in [-0.15, -0.1) is 35.3 Å². The van der Waals surface area contributed by atoms with Crippen molar-refractivity contribution >= 4 is 41.3 Å². The molecule has 4 nitrogen and oxygen atoms in total. The highest BCUT2D eigenvalue weighted by Gasteiger charge is 2.30. The first-order valence-corrected chi connectivity index (χ1v) is 8.38. The molecule has 1 aliphatic heterocycles. The van der Waals surface area contributed by atoms with Crippen molar-refractivity contribution < 1.29 is 0 Å². The highest BCUT2D eigenvalue weighted by atomic mass is 127. The van der Waals surface area contributed by atoms with Crippen molar-refractivity contribution in [3.8, 4) is 0 Å². The summed E-state index contributed by atoms with van der Waals surface area (Å²) in [5, 5.41) is 6.73. The van der Waals surface area contributed by atoms with Gasteiger partial charge in [-0.2, -0.15) is 0 Å². The minimum Gasteiger partial charge on any atom is -0.357 e. The lowest BCUT2D eigenvalue weighted by atomic mass is 9.93. The van der Waals surface area contributed by atoms with Crippen LogP contribution < -0.4 is 5.32 Å². The van der Waals surface area contributed by atoms with Crippen LogP contribution in [0.3, 0.4) is 0 Å². The standard InChI is InChI=1S/C15H26N4S.HI/c1-5-13-18-12(10-20-13)9-17-14(16-6-2)19-8-7-15(3,4)11-19;/h10H,5-9,11H2,1-4H3,(H,16,17);1H. The van der Waals surface area contributed by atoms with Crippen molar-refractivity contribution in [3.63, 3.8) is 0 Å². The number of aryl methyl sites for hydroxylation is 1. The van der Waals surface area contributed by atoms with Crippen molar-refractivity contribution in [2.75, 3.05) is 19.6 Å². The van der Waals surface area contributed by atoms with Gasteiger partial charge in [0.25, 0.3) is 0 Å². The Morgan fingerprint density at radius 3 is 2.76 bits per heavy atom. The third-order valence-electron chi connectivity index (χ3n) is 3.60. The summed E-state index contributed by atoms with van der Waals surface area (Å²) in [4.78, 5) is 11.7. The summed E-state index contributed by atoms with van der Waals surface area (Å²) in [6.07, 6.45) is 2.24. The van der Waals surface area contributed by atoms with E-state index in [0.29, 0.717) is 12.0 Å². The third-order valence-corrected chi connectivity index (χ3v) is 4.65. The molecule has 0 atom stereocenters. The van der Waals surface area contributed by atoms with Gasteiger partial charge in [-0.3, -0.25) is 0 Å². The van der Waals surface area contributed by atoms with Crippen LogP contribution in [0.15, 0.2) is 10.4 Å². The molecule has 1 fully saturated rings. The maximum absolute atomic E-state index is 4.75. The summed E-state index contributed by atoms with van der Waals surface area (Å²) in [5.74, 6) is 1.03. The molecule has 0 bridgehead atoms. The molecular formula is C15H27IN4S. The Hall–Kier alpha value is -0.370. The molecule has 0 radical (unpaired) electrons. The summed E-state index contributed by atoms with van der Waals surface area (Å²) < 4.78 is 0. The first-order chi connectivity index (χ1) is 9.54. The van der Waals surface area contributed by atoms with E-state index in [1.807, 2.05) is 0 Å². The maximum Gasteiger partial charge on any atom is 0.194 e. The fraction of sp³-hybridized carbons (Fsp3) is 0.733. The summed E-state index contributed by atoms with van der Waals surface area (Å²) in [6.45, 7) is 12.7. The van der Waals surface area contributed by atoms with E-state index in [1.54, 1.807) is 11.3 Å². The van der Waals surface area contributed by atoms with Crippen LogP contribution in [0, 0.1) is 5.41 Å². The van der Waals surface area contributed by atoms with Crippen LogP contribution in [-0.2, 0) is 13.0 Å². The van der Waals surface area contributed by atoms with Crippen LogP contribution in [-0.4, -0.2) is 35.5 Å². The second-order valence-corrected chi connectivity index (χ2v) is 7.03. The number of rotatable bonds is 4. The Labute approximate surface area is 149 Å². The fourth-order valence-corrected chi connectivity index (χ4v) is 3.19. The highest BCUT2D eigenvalue weighted by molar-refractivity contribution is 14.0. The molecule has 0 aromatic carbocycles. The van der Waals surface area contributed by atoms with Gasteiger partial charge in [0.2, 0.25) is 0 Å². The topological polar surface area (TPSA) is 40.5 Å². The first-order valence-electron chi connectivity index (χ1n) is 7.50. The third kappa shape index (κ3) is 5.39. The fourth-order valence-electron chi connectivity index (χ4n) is 2.46. The lowest BCUT2D eigenvalue weighted by molar-refractivity contribution is 0.370. The summed E-state index contributed by atoms with van der Waals surface area (Å²) in [5.41, 5.74) is 1.48. The summed E-state index contributed by atoms with van der Waals surface area (Å²) in [6, 6.07) is 0. The number of thiazole rings is 1. The second-order valence-electron chi connectivity index (χ2n) is 6.09. The van der Waals surface area contributed by atoms with Gasteiger partial charge in [-0.25, -0.2) is 9.98 Å².